The molecular weight excluding hydrogens is 561 g/mol. The summed E-state index contributed by atoms with van der Waals surface area (Å²) >= 11 is 1.43. The highest BCUT2D eigenvalue weighted by Gasteiger charge is 2.56. The van der Waals surface area contributed by atoms with Crippen LogP contribution in [0.1, 0.15) is 20.8 Å². The zero-order valence-corrected chi connectivity index (χ0v) is 24.9. The molecule has 3 fully saturated rings. The van der Waals surface area contributed by atoms with Gasteiger partial charge in [0, 0.05) is 45.0 Å². The van der Waals surface area contributed by atoms with E-state index in [1.807, 2.05) is 52.7 Å². The molecule has 4 aromatic rings. The minimum atomic E-state index is -0.290. The quantitative estimate of drug-likeness (QED) is 0.214. The van der Waals surface area contributed by atoms with Gasteiger partial charge in [-0.25, -0.2) is 4.39 Å². The van der Waals surface area contributed by atoms with Gasteiger partial charge in [-0.05, 0) is 70.7 Å². The van der Waals surface area contributed by atoms with Crippen LogP contribution in [0.5, 0.6) is 5.75 Å². The molecule has 2 aliphatic heterocycles. The highest BCUT2D eigenvalue weighted by Crippen LogP contribution is 2.52. The Hall–Kier alpha value is -3.72. The van der Waals surface area contributed by atoms with Crippen LogP contribution in [-0.4, -0.2) is 56.7 Å². The lowest BCUT2D eigenvalue weighted by molar-refractivity contribution is 0.0988. The third-order valence-electron chi connectivity index (χ3n) is 8.99. The van der Waals surface area contributed by atoms with Crippen molar-refractivity contribution in [2.45, 2.75) is 13.2 Å². The number of piperidine rings is 1. The average Bonchev–Trinajstić information content (AvgIpc) is 3.41. The van der Waals surface area contributed by atoms with E-state index in [0.29, 0.717) is 73.5 Å². The second kappa shape index (κ2) is 12.5. The molecule has 3 heterocycles. The molecule has 3 aromatic carbocycles. The molecule has 0 spiro atoms. The summed E-state index contributed by atoms with van der Waals surface area (Å²) in [5.74, 6) is 2.08. The highest BCUT2D eigenvalue weighted by atomic mass is 32.1. The number of thiophene rings is 1. The van der Waals surface area contributed by atoms with Gasteiger partial charge in [0.2, 0.25) is 0 Å². The third-order valence-corrected chi connectivity index (χ3v) is 9.85. The Morgan fingerprint density at radius 1 is 0.930 bits per heavy atom. The topological polar surface area (TPSA) is 45.2 Å². The smallest absolute Gasteiger partial charge is 0.268 e. The fourth-order valence-electron chi connectivity index (χ4n) is 6.60. The highest BCUT2D eigenvalue weighted by molar-refractivity contribution is 7.12. The molecule has 0 bridgehead atoms. The lowest BCUT2D eigenvalue weighted by Crippen LogP contribution is -2.37. The first-order valence-electron chi connectivity index (χ1n) is 15.1. The average molecular weight is 598 g/mol. The molecule has 0 radical (unpaired) electrons. The number of amides is 1. The molecule has 222 valence electrons. The van der Waals surface area contributed by atoms with Gasteiger partial charge in [0.1, 0.15) is 18.2 Å². The van der Waals surface area contributed by atoms with E-state index >= 15 is 4.39 Å². The molecule has 6 nitrogen and oxygen atoms in total. The molecule has 1 amide bonds. The number of fused-ring (bicyclic) bond motifs is 1. The van der Waals surface area contributed by atoms with Crippen molar-refractivity contribution >= 4 is 28.6 Å². The first-order valence-corrected chi connectivity index (χ1v) is 16.0. The van der Waals surface area contributed by atoms with Crippen LogP contribution in [0.4, 0.5) is 15.8 Å². The Labute approximate surface area is 256 Å². The maximum absolute atomic E-state index is 15.4. The summed E-state index contributed by atoms with van der Waals surface area (Å²) in [4.78, 5) is 20.6. The summed E-state index contributed by atoms with van der Waals surface area (Å²) in [7, 11) is 0. The molecule has 7 rings (SSSR count). The number of benzene rings is 3. The molecule has 2 unspecified atom stereocenters. The van der Waals surface area contributed by atoms with E-state index in [1.54, 1.807) is 4.90 Å². The normalized spacial score (nSPS) is 21.4. The molecular formula is C35H36FN3O3S. The van der Waals surface area contributed by atoms with Crippen LogP contribution in [0.25, 0.3) is 0 Å². The van der Waals surface area contributed by atoms with Crippen LogP contribution >= 0.6 is 11.3 Å². The van der Waals surface area contributed by atoms with Gasteiger partial charge in [0.25, 0.3) is 5.91 Å². The van der Waals surface area contributed by atoms with Gasteiger partial charge >= 0.3 is 0 Å². The molecule has 43 heavy (non-hydrogen) atoms. The van der Waals surface area contributed by atoms with Crippen molar-refractivity contribution in [1.82, 2.24) is 4.90 Å². The largest absolute Gasteiger partial charge is 0.489 e. The summed E-state index contributed by atoms with van der Waals surface area (Å²) in [5, 5.41) is 1.92. The van der Waals surface area contributed by atoms with E-state index in [4.69, 9.17) is 9.47 Å². The summed E-state index contributed by atoms with van der Waals surface area (Å²) in [6, 6.07) is 27.6. The Bertz CT molecular complexity index is 1510. The number of likely N-dealkylation sites (tertiary alicyclic amines) is 1. The van der Waals surface area contributed by atoms with Gasteiger partial charge in [-0.2, -0.15) is 0 Å². The van der Waals surface area contributed by atoms with Crippen LogP contribution in [-0.2, 0) is 17.9 Å². The number of hydrogen-bond acceptors (Lipinski definition) is 6. The number of halogens is 1. The molecule has 2 atom stereocenters. The molecule has 1 saturated carbocycles. The van der Waals surface area contributed by atoms with E-state index in [1.165, 1.54) is 23.0 Å². The molecule has 1 aromatic heterocycles. The number of ether oxygens (including phenoxy) is 2. The number of hydrogen-bond donors (Lipinski definition) is 0. The lowest BCUT2D eigenvalue weighted by atomic mass is 10.1. The van der Waals surface area contributed by atoms with Gasteiger partial charge in [-0.15, -0.1) is 11.3 Å². The molecule has 3 aliphatic rings. The number of morpholine rings is 1. The Morgan fingerprint density at radius 3 is 2.40 bits per heavy atom. The Kier molecular flexibility index (Phi) is 8.15. The third kappa shape index (κ3) is 6.32. The van der Waals surface area contributed by atoms with Crippen molar-refractivity contribution in [3.8, 4) is 5.75 Å². The van der Waals surface area contributed by atoms with Gasteiger partial charge < -0.3 is 19.3 Å². The van der Waals surface area contributed by atoms with E-state index in [9.17, 15) is 4.79 Å². The van der Waals surface area contributed by atoms with Gasteiger partial charge in [0.05, 0.1) is 23.8 Å². The first kappa shape index (κ1) is 28.1. The van der Waals surface area contributed by atoms with Crippen LogP contribution in [0, 0.1) is 23.6 Å². The van der Waals surface area contributed by atoms with E-state index in [-0.39, 0.29) is 11.7 Å². The Morgan fingerprint density at radius 2 is 1.70 bits per heavy atom. The van der Waals surface area contributed by atoms with Crippen molar-refractivity contribution in [1.29, 1.82) is 0 Å². The fourth-order valence-corrected chi connectivity index (χ4v) is 7.27. The van der Waals surface area contributed by atoms with Crippen LogP contribution in [0.3, 0.4) is 0 Å². The van der Waals surface area contributed by atoms with E-state index < -0.39 is 0 Å². The molecule has 0 N–H and O–H groups in total. The van der Waals surface area contributed by atoms with Crippen LogP contribution in [0.15, 0.2) is 90.3 Å². The SMILES string of the molecule is O=C(c1cccs1)N(CC1C2CN(Cc3ccc(OCc4ccccc4)cc3)CC21)c1ccc(N2CCOCC2)c(F)c1. The number of rotatable bonds is 10. The minimum Gasteiger partial charge on any atom is -0.489 e. The summed E-state index contributed by atoms with van der Waals surface area (Å²) in [5.41, 5.74) is 3.63. The second-order valence-electron chi connectivity index (χ2n) is 11.7. The number of carbonyl (C=O) groups excluding carboxylic acids is 1. The number of nitrogens with zero attached hydrogens (tertiary/aromatic N) is 3. The van der Waals surface area contributed by atoms with Crippen molar-refractivity contribution < 1.29 is 18.7 Å². The predicted molar refractivity (Wildman–Crippen MR) is 168 cm³/mol. The standard InChI is InChI=1S/C35H36FN3O3S/c36-32-19-27(10-13-33(32)38-14-16-41-17-15-38)39(35(40)34-7-4-18-43-34)23-31-29-21-37(22-30(29)31)20-25-8-11-28(12-9-25)42-24-26-5-2-1-3-6-26/h1-13,18-19,29-31H,14-17,20-24H2. The van der Waals surface area contributed by atoms with Crippen LogP contribution in [0.2, 0.25) is 0 Å². The summed E-state index contributed by atoms with van der Waals surface area (Å²) in [6.45, 7) is 6.66. The minimum absolute atomic E-state index is 0.0510. The maximum Gasteiger partial charge on any atom is 0.268 e. The summed E-state index contributed by atoms with van der Waals surface area (Å²) in [6.07, 6.45) is 0. The number of carbonyl (C=O) groups is 1. The molecule has 1 aliphatic carbocycles. The van der Waals surface area contributed by atoms with E-state index in [2.05, 4.69) is 41.3 Å². The van der Waals surface area contributed by atoms with Crippen molar-refractivity contribution in [2.24, 2.45) is 17.8 Å². The summed E-state index contributed by atoms with van der Waals surface area (Å²) < 4.78 is 26.7. The van der Waals surface area contributed by atoms with Crippen molar-refractivity contribution in [2.75, 3.05) is 55.7 Å². The maximum atomic E-state index is 15.4. The molecule has 8 heteroatoms. The predicted octanol–water partition coefficient (Wildman–Crippen LogP) is 6.33. The van der Waals surface area contributed by atoms with Crippen molar-refractivity contribution in [3.05, 3.63) is 112 Å². The van der Waals surface area contributed by atoms with Gasteiger partial charge in [-0.1, -0.05) is 48.5 Å². The Balaban J connectivity index is 0.968. The second-order valence-corrected chi connectivity index (χ2v) is 12.7. The van der Waals surface area contributed by atoms with E-state index in [0.717, 1.165) is 30.9 Å². The zero-order chi connectivity index (χ0) is 29.2. The number of anilines is 2. The lowest BCUT2D eigenvalue weighted by Gasteiger charge is -2.30. The monoisotopic (exact) mass is 597 g/mol. The van der Waals surface area contributed by atoms with Gasteiger partial charge in [-0.3, -0.25) is 9.69 Å². The first-order chi connectivity index (χ1) is 21.1. The van der Waals surface area contributed by atoms with Crippen molar-refractivity contribution in [3.63, 3.8) is 0 Å². The van der Waals surface area contributed by atoms with Crippen LogP contribution < -0.4 is 14.5 Å². The van der Waals surface area contributed by atoms with Gasteiger partial charge in [0.15, 0.2) is 0 Å². The fraction of sp³-hybridized carbons (Fsp3) is 0.343. The zero-order valence-electron chi connectivity index (χ0n) is 24.1. The molecule has 2 saturated heterocycles.